The molecule has 3 rings (SSSR count). The second kappa shape index (κ2) is 7.10. The summed E-state index contributed by atoms with van der Waals surface area (Å²) in [5, 5.41) is 3.36. The normalized spacial score (nSPS) is 37.9. The molecule has 0 spiro atoms. The Balaban J connectivity index is 0.00000147. The number of nitrogens with two attached hydrogens (primary N) is 1. The summed E-state index contributed by atoms with van der Waals surface area (Å²) in [4.78, 5) is 12.4. The molecule has 5 heteroatoms. The van der Waals surface area contributed by atoms with Gasteiger partial charge >= 0.3 is 0 Å². The minimum atomic E-state index is 0. The van der Waals surface area contributed by atoms with Gasteiger partial charge in [0.1, 0.15) is 0 Å². The van der Waals surface area contributed by atoms with E-state index in [9.17, 15) is 4.79 Å². The minimum Gasteiger partial charge on any atom is -0.381 e. The van der Waals surface area contributed by atoms with Crippen molar-refractivity contribution >= 4 is 18.3 Å². The molecule has 2 saturated carbocycles. The van der Waals surface area contributed by atoms with Gasteiger partial charge in [-0.25, -0.2) is 0 Å². The van der Waals surface area contributed by atoms with Crippen LogP contribution in [0, 0.1) is 17.8 Å². The monoisotopic (exact) mass is 302 g/mol. The molecule has 1 aliphatic heterocycles. The van der Waals surface area contributed by atoms with Gasteiger partial charge in [-0.3, -0.25) is 4.79 Å². The summed E-state index contributed by atoms with van der Waals surface area (Å²) in [6.45, 7) is 1.47. The van der Waals surface area contributed by atoms with E-state index in [2.05, 4.69) is 5.32 Å². The van der Waals surface area contributed by atoms with Crippen LogP contribution in [0.5, 0.6) is 0 Å². The van der Waals surface area contributed by atoms with Gasteiger partial charge in [-0.1, -0.05) is 6.42 Å². The summed E-state index contributed by atoms with van der Waals surface area (Å²) >= 11 is 0. The molecule has 2 aliphatic carbocycles. The Morgan fingerprint density at radius 2 is 1.65 bits per heavy atom. The molecule has 2 atom stereocenters. The largest absolute Gasteiger partial charge is 0.381 e. The van der Waals surface area contributed by atoms with Crippen LogP contribution in [0.3, 0.4) is 0 Å². The van der Waals surface area contributed by atoms with E-state index >= 15 is 0 Å². The zero-order chi connectivity index (χ0) is 13.2. The lowest BCUT2D eigenvalue weighted by Gasteiger charge is -2.45. The third-order valence-corrected chi connectivity index (χ3v) is 5.28. The Bertz CT molecular complexity index is 320. The molecule has 20 heavy (non-hydrogen) atoms. The number of carbonyl (C=O) groups is 1. The Morgan fingerprint density at radius 1 is 1.05 bits per heavy atom. The fourth-order valence-corrected chi connectivity index (χ4v) is 4.27. The zero-order valence-corrected chi connectivity index (χ0v) is 12.9. The summed E-state index contributed by atoms with van der Waals surface area (Å²) in [6, 6.07) is 0.746. The van der Waals surface area contributed by atoms with Crippen LogP contribution < -0.4 is 11.1 Å². The van der Waals surface area contributed by atoms with Crippen LogP contribution in [0.15, 0.2) is 0 Å². The number of hydrogen-bond donors (Lipinski definition) is 2. The number of halogens is 1. The smallest absolute Gasteiger partial charge is 0.223 e. The molecule has 1 heterocycles. The van der Waals surface area contributed by atoms with Crippen molar-refractivity contribution < 1.29 is 9.53 Å². The molecule has 1 saturated heterocycles. The fourth-order valence-electron chi connectivity index (χ4n) is 4.27. The van der Waals surface area contributed by atoms with Crippen molar-refractivity contribution in [2.24, 2.45) is 23.5 Å². The summed E-state index contributed by atoms with van der Waals surface area (Å²) in [6.07, 6.45) is 7.74. The van der Waals surface area contributed by atoms with E-state index in [1.54, 1.807) is 0 Å². The Labute approximate surface area is 127 Å². The number of nitrogens with one attached hydrogen (secondary N) is 1. The fraction of sp³-hybridized carbons (Fsp3) is 0.933. The van der Waals surface area contributed by atoms with Gasteiger partial charge in [0.15, 0.2) is 0 Å². The third-order valence-electron chi connectivity index (χ3n) is 5.28. The summed E-state index contributed by atoms with van der Waals surface area (Å²) < 4.78 is 5.33. The Hall–Kier alpha value is -0.320. The third kappa shape index (κ3) is 3.46. The molecule has 4 nitrogen and oxygen atoms in total. The predicted molar refractivity (Wildman–Crippen MR) is 80.8 cm³/mol. The van der Waals surface area contributed by atoms with Gasteiger partial charge in [-0.15, -0.1) is 12.4 Å². The average molecular weight is 303 g/mol. The van der Waals surface area contributed by atoms with Gasteiger partial charge < -0.3 is 15.8 Å². The first kappa shape index (κ1) is 16.1. The van der Waals surface area contributed by atoms with Crippen molar-refractivity contribution in [1.82, 2.24) is 5.32 Å². The molecule has 116 valence electrons. The zero-order valence-electron chi connectivity index (χ0n) is 12.1. The second-order valence-corrected chi connectivity index (χ2v) is 6.60. The summed E-state index contributed by atoms with van der Waals surface area (Å²) in [5.41, 5.74) is 6.13. The first-order valence-electron chi connectivity index (χ1n) is 7.87. The van der Waals surface area contributed by atoms with E-state index in [4.69, 9.17) is 10.5 Å². The standard InChI is InChI=1S/C15H26N2O2.ClH/c16-13-8-11-2-1-3-12(9-13)14(11)17-15(18)10-4-6-19-7-5-10;/h10-14H,1-9,16H2,(H,17,18);1H. The van der Waals surface area contributed by atoms with E-state index in [-0.39, 0.29) is 24.2 Å². The maximum Gasteiger partial charge on any atom is 0.223 e. The lowest BCUT2D eigenvalue weighted by Crippen LogP contribution is -2.55. The second-order valence-electron chi connectivity index (χ2n) is 6.60. The van der Waals surface area contributed by atoms with Crippen LogP contribution in [0.4, 0.5) is 0 Å². The lowest BCUT2D eigenvalue weighted by atomic mass is 9.67. The van der Waals surface area contributed by atoms with E-state index in [1.807, 2.05) is 0 Å². The molecule has 0 aromatic carbocycles. The quantitative estimate of drug-likeness (QED) is 0.818. The maximum atomic E-state index is 12.4. The van der Waals surface area contributed by atoms with Crippen molar-refractivity contribution in [2.45, 2.75) is 57.0 Å². The maximum absolute atomic E-state index is 12.4. The average Bonchev–Trinajstić information content (AvgIpc) is 2.41. The van der Waals surface area contributed by atoms with Crippen LogP contribution in [0.25, 0.3) is 0 Å². The van der Waals surface area contributed by atoms with Gasteiger partial charge in [0, 0.05) is 31.2 Å². The summed E-state index contributed by atoms with van der Waals surface area (Å²) in [5.74, 6) is 1.67. The Kier molecular flexibility index (Phi) is 5.70. The highest BCUT2D eigenvalue weighted by atomic mass is 35.5. The molecule has 2 bridgehead atoms. The topological polar surface area (TPSA) is 64.3 Å². The van der Waals surface area contributed by atoms with Gasteiger partial charge in [-0.2, -0.15) is 0 Å². The number of amides is 1. The molecule has 0 aromatic rings. The highest BCUT2D eigenvalue weighted by molar-refractivity contribution is 5.85. The Morgan fingerprint density at radius 3 is 2.25 bits per heavy atom. The molecule has 2 unspecified atom stereocenters. The minimum absolute atomic E-state index is 0. The molecule has 0 aromatic heterocycles. The highest BCUT2D eigenvalue weighted by Gasteiger charge is 2.40. The lowest BCUT2D eigenvalue weighted by molar-refractivity contribution is -0.130. The van der Waals surface area contributed by atoms with Crippen LogP contribution in [0.1, 0.15) is 44.9 Å². The van der Waals surface area contributed by atoms with Crippen molar-refractivity contribution in [3.8, 4) is 0 Å². The van der Waals surface area contributed by atoms with E-state index in [0.29, 0.717) is 23.9 Å². The van der Waals surface area contributed by atoms with Gasteiger partial charge in [0.25, 0.3) is 0 Å². The van der Waals surface area contributed by atoms with E-state index in [1.165, 1.54) is 19.3 Å². The molecular formula is C15H27ClN2O2. The van der Waals surface area contributed by atoms with Crippen molar-refractivity contribution in [3.05, 3.63) is 0 Å². The van der Waals surface area contributed by atoms with Gasteiger partial charge in [0.2, 0.25) is 5.91 Å². The van der Waals surface area contributed by atoms with Crippen LogP contribution >= 0.6 is 12.4 Å². The number of carbonyl (C=O) groups excluding carboxylic acids is 1. The van der Waals surface area contributed by atoms with Gasteiger partial charge in [0.05, 0.1) is 0 Å². The highest BCUT2D eigenvalue weighted by Crippen LogP contribution is 2.39. The van der Waals surface area contributed by atoms with Crippen molar-refractivity contribution in [1.29, 1.82) is 0 Å². The van der Waals surface area contributed by atoms with Crippen molar-refractivity contribution in [2.75, 3.05) is 13.2 Å². The number of rotatable bonds is 2. The number of fused-ring (bicyclic) bond motifs is 2. The van der Waals surface area contributed by atoms with Crippen molar-refractivity contribution in [3.63, 3.8) is 0 Å². The molecule has 3 N–H and O–H groups in total. The molecular weight excluding hydrogens is 276 g/mol. The molecule has 1 amide bonds. The predicted octanol–water partition coefficient (Wildman–Crippen LogP) is 1.86. The van der Waals surface area contributed by atoms with Crippen LogP contribution in [0.2, 0.25) is 0 Å². The van der Waals surface area contributed by atoms with Gasteiger partial charge in [-0.05, 0) is 50.4 Å². The first-order valence-corrected chi connectivity index (χ1v) is 7.87. The molecule has 0 radical (unpaired) electrons. The first-order chi connectivity index (χ1) is 9.24. The van der Waals surface area contributed by atoms with E-state index in [0.717, 1.165) is 38.9 Å². The van der Waals surface area contributed by atoms with E-state index < -0.39 is 0 Å². The molecule has 3 aliphatic rings. The van der Waals surface area contributed by atoms with Crippen LogP contribution in [-0.4, -0.2) is 31.2 Å². The molecule has 3 fully saturated rings. The summed E-state index contributed by atoms with van der Waals surface area (Å²) in [7, 11) is 0. The number of ether oxygens (including phenoxy) is 1. The number of hydrogen-bond acceptors (Lipinski definition) is 3. The SMILES string of the molecule is Cl.NC1CC2CCCC(C1)C2NC(=O)C1CCOCC1. The van der Waals surface area contributed by atoms with Crippen LogP contribution in [-0.2, 0) is 9.53 Å².